The van der Waals surface area contributed by atoms with Gasteiger partial charge in [-0.3, -0.25) is 9.88 Å². The van der Waals surface area contributed by atoms with Crippen LogP contribution in [0.5, 0.6) is 11.5 Å². The van der Waals surface area contributed by atoms with E-state index in [-0.39, 0.29) is 12.4 Å². The Morgan fingerprint density at radius 1 is 1.27 bits per heavy atom. The van der Waals surface area contributed by atoms with Crippen LogP contribution in [0.3, 0.4) is 0 Å². The maximum absolute atomic E-state index is 10.5. The zero-order valence-corrected chi connectivity index (χ0v) is 15.2. The molecule has 26 heavy (non-hydrogen) atoms. The Labute approximate surface area is 153 Å². The van der Waals surface area contributed by atoms with E-state index in [1.807, 2.05) is 19.9 Å². The number of aliphatic hydroxyl groups excluding tert-OH is 1. The summed E-state index contributed by atoms with van der Waals surface area (Å²) in [5, 5.41) is 19.3. The Balaban J connectivity index is 1.85. The van der Waals surface area contributed by atoms with Gasteiger partial charge >= 0.3 is 0 Å². The van der Waals surface area contributed by atoms with Gasteiger partial charge in [-0.15, -0.1) is 0 Å². The van der Waals surface area contributed by atoms with Crippen LogP contribution >= 0.6 is 0 Å². The number of benzene rings is 1. The molecule has 0 saturated carbocycles. The zero-order valence-electron chi connectivity index (χ0n) is 15.2. The van der Waals surface area contributed by atoms with E-state index < -0.39 is 0 Å². The maximum Gasteiger partial charge on any atom is 0.165 e. The molecule has 0 spiro atoms. The normalized spacial score (nSPS) is 14.6. The summed E-state index contributed by atoms with van der Waals surface area (Å²) >= 11 is 0. The fourth-order valence-corrected chi connectivity index (χ4v) is 3.05. The molecule has 3 rings (SSSR count). The predicted molar refractivity (Wildman–Crippen MR) is 97.3 cm³/mol. The van der Waals surface area contributed by atoms with Crippen LogP contribution in [-0.2, 0) is 11.3 Å². The van der Waals surface area contributed by atoms with Gasteiger partial charge in [-0.1, -0.05) is 0 Å². The molecule has 0 bridgehead atoms. The number of hydrogen-bond acceptors (Lipinski definition) is 7. The van der Waals surface area contributed by atoms with Crippen molar-refractivity contribution in [2.24, 2.45) is 0 Å². The van der Waals surface area contributed by atoms with Gasteiger partial charge in [0.15, 0.2) is 11.5 Å². The molecule has 2 heterocycles. The highest BCUT2D eigenvalue weighted by molar-refractivity contribution is 5.67. The lowest BCUT2D eigenvalue weighted by Crippen LogP contribution is -2.29. The van der Waals surface area contributed by atoms with Crippen molar-refractivity contribution in [2.75, 3.05) is 39.5 Å². The number of aliphatic hydroxyl groups is 1. The van der Waals surface area contributed by atoms with E-state index in [9.17, 15) is 5.11 Å². The summed E-state index contributed by atoms with van der Waals surface area (Å²) in [7, 11) is 0. The molecule has 1 aromatic carbocycles. The van der Waals surface area contributed by atoms with Crippen molar-refractivity contribution >= 4 is 0 Å². The summed E-state index contributed by atoms with van der Waals surface area (Å²) in [5.41, 5.74) is 4.17. The number of hydrogen-bond donors (Lipinski definition) is 2. The second-order valence-electron chi connectivity index (χ2n) is 6.39. The standard InChI is InChI=1S/C19H25N3O4/c1-13-11-20-14(2)18(21-13)15-9-16-12-22(3-6-25-8-5-23)4-7-26-19(16)17(24)10-15/h9-11,23-24H,3-8,12H2,1-2H3. The molecule has 140 valence electrons. The van der Waals surface area contributed by atoms with Gasteiger partial charge in [0.2, 0.25) is 0 Å². The highest BCUT2D eigenvalue weighted by Crippen LogP contribution is 2.37. The van der Waals surface area contributed by atoms with E-state index in [1.165, 1.54) is 0 Å². The van der Waals surface area contributed by atoms with E-state index in [1.54, 1.807) is 12.3 Å². The molecule has 0 saturated heterocycles. The highest BCUT2D eigenvalue weighted by atomic mass is 16.5. The summed E-state index contributed by atoms with van der Waals surface area (Å²) in [6.45, 7) is 7.36. The molecule has 7 nitrogen and oxygen atoms in total. The zero-order chi connectivity index (χ0) is 18.5. The minimum atomic E-state index is 0.0278. The van der Waals surface area contributed by atoms with Crippen molar-refractivity contribution in [1.82, 2.24) is 14.9 Å². The van der Waals surface area contributed by atoms with Gasteiger partial charge in [0.1, 0.15) is 6.61 Å². The topological polar surface area (TPSA) is 87.9 Å². The molecule has 0 amide bonds. The minimum Gasteiger partial charge on any atom is -0.504 e. The molecule has 2 N–H and O–H groups in total. The van der Waals surface area contributed by atoms with Crippen molar-refractivity contribution < 1.29 is 19.7 Å². The number of rotatable bonds is 6. The van der Waals surface area contributed by atoms with Crippen LogP contribution in [-0.4, -0.2) is 64.6 Å². The summed E-state index contributed by atoms with van der Waals surface area (Å²) in [5.74, 6) is 0.657. The molecule has 1 aromatic heterocycles. The minimum absolute atomic E-state index is 0.0278. The van der Waals surface area contributed by atoms with Crippen LogP contribution in [0.2, 0.25) is 0 Å². The molecule has 1 aliphatic heterocycles. The number of aromatic hydroxyl groups is 1. The summed E-state index contributed by atoms with van der Waals surface area (Å²) in [6.07, 6.45) is 1.74. The third kappa shape index (κ3) is 4.30. The second kappa shape index (κ2) is 8.44. The third-order valence-electron chi connectivity index (χ3n) is 4.33. The fraction of sp³-hybridized carbons (Fsp3) is 0.474. The average Bonchev–Trinajstić information content (AvgIpc) is 2.83. The van der Waals surface area contributed by atoms with Crippen LogP contribution in [0.1, 0.15) is 17.0 Å². The molecule has 0 unspecified atom stereocenters. The Hall–Kier alpha value is -2.22. The highest BCUT2D eigenvalue weighted by Gasteiger charge is 2.20. The van der Waals surface area contributed by atoms with E-state index in [4.69, 9.17) is 14.6 Å². The lowest BCUT2D eigenvalue weighted by atomic mass is 10.0. The van der Waals surface area contributed by atoms with Crippen LogP contribution in [0.4, 0.5) is 0 Å². The first kappa shape index (κ1) is 18.6. The van der Waals surface area contributed by atoms with Crippen molar-refractivity contribution in [3.8, 4) is 22.8 Å². The molecular formula is C19H25N3O4. The van der Waals surface area contributed by atoms with Crippen LogP contribution in [0.25, 0.3) is 11.3 Å². The molecule has 0 atom stereocenters. The lowest BCUT2D eigenvalue weighted by Gasteiger charge is -2.19. The third-order valence-corrected chi connectivity index (χ3v) is 4.33. The fourth-order valence-electron chi connectivity index (χ4n) is 3.05. The smallest absolute Gasteiger partial charge is 0.165 e. The van der Waals surface area contributed by atoms with Gasteiger partial charge < -0.3 is 19.7 Å². The van der Waals surface area contributed by atoms with E-state index in [0.29, 0.717) is 32.1 Å². The number of phenolic OH excluding ortho intramolecular Hbond substituents is 1. The quantitative estimate of drug-likeness (QED) is 0.759. The number of ether oxygens (including phenoxy) is 2. The van der Waals surface area contributed by atoms with Gasteiger partial charge in [-0.25, -0.2) is 4.98 Å². The van der Waals surface area contributed by atoms with Crippen LogP contribution in [0.15, 0.2) is 18.3 Å². The molecule has 0 fully saturated rings. The van der Waals surface area contributed by atoms with Gasteiger partial charge in [-0.05, 0) is 26.0 Å². The largest absolute Gasteiger partial charge is 0.504 e. The lowest BCUT2D eigenvalue weighted by molar-refractivity contribution is 0.0708. The van der Waals surface area contributed by atoms with Gasteiger partial charge in [0, 0.05) is 37.0 Å². The maximum atomic E-state index is 10.5. The number of aromatic nitrogens is 2. The van der Waals surface area contributed by atoms with Crippen molar-refractivity contribution in [3.63, 3.8) is 0 Å². The Morgan fingerprint density at radius 2 is 2.12 bits per heavy atom. The molecule has 2 aromatic rings. The summed E-state index contributed by atoms with van der Waals surface area (Å²) in [4.78, 5) is 11.1. The molecule has 0 aliphatic carbocycles. The van der Waals surface area contributed by atoms with Crippen molar-refractivity contribution in [3.05, 3.63) is 35.3 Å². The molecule has 7 heteroatoms. The van der Waals surface area contributed by atoms with Crippen molar-refractivity contribution in [1.29, 1.82) is 0 Å². The van der Waals surface area contributed by atoms with E-state index in [2.05, 4.69) is 14.9 Å². The molecule has 0 radical (unpaired) electrons. The molecular weight excluding hydrogens is 334 g/mol. The first-order valence-corrected chi connectivity index (χ1v) is 8.78. The van der Waals surface area contributed by atoms with Crippen LogP contribution < -0.4 is 4.74 Å². The van der Waals surface area contributed by atoms with Gasteiger partial charge in [-0.2, -0.15) is 0 Å². The average molecular weight is 359 g/mol. The first-order chi connectivity index (χ1) is 12.6. The van der Waals surface area contributed by atoms with E-state index >= 15 is 0 Å². The molecule has 1 aliphatic rings. The van der Waals surface area contributed by atoms with Gasteiger partial charge in [0.05, 0.1) is 36.9 Å². The Morgan fingerprint density at radius 3 is 2.92 bits per heavy atom. The second-order valence-corrected chi connectivity index (χ2v) is 6.39. The predicted octanol–water partition coefficient (Wildman–Crippen LogP) is 1.67. The Bertz CT molecular complexity index is 767. The first-order valence-electron chi connectivity index (χ1n) is 8.78. The Kier molecular flexibility index (Phi) is 6.03. The van der Waals surface area contributed by atoms with Crippen molar-refractivity contribution in [2.45, 2.75) is 20.4 Å². The van der Waals surface area contributed by atoms with Gasteiger partial charge in [0.25, 0.3) is 0 Å². The summed E-state index contributed by atoms with van der Waals surface area (Å²) < 4.78 is 11.1. The number of phenols is 1. The SMILES string of the molecule is Cc1cnc(C)c(-c2cc(O)c3c(c2)CN(CCOCCO)CCO3)n1. The number of fused-ring (bicyclic) bond motifs is 1. The number of nitrogens with zero attached hydrogens (tertiary/aromatic N) is 3. The monoisotopic (exact) mass is 359 g/mol. The number of aryl methyl sites for hydroxylation is 2. The van der Waals surface area contributed by atoms with E-state index in [0.717, 1.165) is 41.3 Å². The van der Waals surface area contributed by atoms with Crippen LogP contribution in [0, 0.1) is 13.8 Å². The summed E-state index contributed by atoms with van der Waals surface area (Å²) in [6, 6.07) is 3.70.